The topological polar surface area (TPSA) is 35.2 Å². The molecular weight excluding hydrogens is 126 g/mol. The van der Waals surface area contributed by atoms with E-state index in [1.807, 2.05) is 0 Å². The van der Waals surface area contributed by atoms with Crippen LogP contribution in [0.5, 0.6) is 0 Å². The molecule has 2 atom stereocenters. The van der Waals surface area contributed by atoms with Crippen LogP contribution in [-0.2, 0) is 4.74 Å². The van der Waals surface area contributed by atoms with Crippen LogP contribution < -0.4 is 5.73 Å². The summed E-state index contributed by atoms with van der Waals surface area (Å²) in [6.07, 6.45) is 2.80. The van der Waals surface area contributed by atoms with E-state index < -0.39 is 0 Å². The molecule has 0 aliphatic heterocycles. The Morgan fingerprint density at radius 3 is 2.50 bits per heavy atom. The van der Waals surface area contributed by atoms with Crippen molar-refractivity contribution in [3.8, 4) is 0 Å². The molecular formula is C8H17NO. The Morgan fingerprint density at radius 2 is 2.20 bits per heavy atom. The van der Waals surface area contributed by atoms with Crippen LogP contribution in [0.15, 0.2) is 0 Å². The first-order chi connectivity index (χ1) is 4.70. The van der Waals surface area contributed by atoms with Gasteiger partial charge in [-0.1, -0.05) is 0 Å². The Labute approximate surface area is 62.7 Å². The molecule has 0 heterocycles. The Kier molecular flexibility index (Phi) is 2.69. The van der Waals surface area contributed by atoms with E-state index in [0.717, 1.165) is 6.61 Å². The molecule has 1 aliphatic carbocycles. The van der Waals surface area contributed by atoms with Crippen LogP contribution in [0, 0.1) is 5.92 Å². The molecule has 0 aromatic rings. The lowest BCUT2D eigenvalue weighted by atomic mass is 9.81. The van der Waals surface area contributed by atoms with Crippen molar-refractivity contribution in [3.63, 3.8) is 0 Å². The molecule has 1 saturated carbocycles. The third kappa shape index (κ3) is 1.96. The first kappa shape index (κ1) is 8.02. The molecule has 0 spiro atoms. The van der Waals surface area contributed by atoms with Crippen molar-refractivity contribution >= 4 is 0 Å². The van der Waals surface area contributed by atoms with E-state index in [1.54, 1.807) is 0 Å². The predicted octanol–water partition coefficient (Wildman–Crippen LogP) is 1.15. The lowest BCUT2D eigenvalue weighted by Crippen LogP contribution is -2.42. The van der Waals surface area contributed by atoms with E-state index in [9.17, 15) is 0 Å². The highest BCUT2D eigenvalue weighted by Gasteiger charge is 2.27. The Morgan fingerprint density at radius 1 is 1.50 bits per heavy atom. The molecule has 0 radical (unpaired) electrons. The first-order valence-corrected chi connectivity index (χ1v) is 4.07. The highest BCUT2D eigenvalue weighted by Crippen LogP contribution is 2.25. The van der Waals surface area contributed by atoms with Crippen molar-refractivity contribution in [1.29, 1.82) is 0 Å². The van der Waals surface area contributed by atoms with Gasteiger partial charge in [-0.05, 0) is 32.6 Å². The SMILES string of the molecule is CC(C)OCC1CCC1N. The molecule has 1 fully saturated rings. The maximum absolute atomic E-state index is 5.73. The smallest absolute Gasteiger partial charge is 0.0519 e. The normalized spacial score (nSPS) is 32.4. The number of nitrogens with two attached hydrogens (primary N) is 1. The molecule has 60 valence electrons. The summed E-state index contributed by atoms with van der Waals surface area (Å²) in [4.78, 5) is 0. The summed E-state index contributed by atoms with van der Waals surface area (Å²) in [5.41, 5.74) is 5.73. The zero-order chi connectivity index (χ0) is 7.56. The van der Waals surface area contributed by atoms with Gasteiger partial charge in [0.15, 0.2) is 0 Å². The summed E-state index contributed by atoms with van der Waals surface area (Å²) < 4.78 is 5.44. The maximum Gasteiger partial charge on any atom is 0.0519 e. The lowest BCUT2D eigenvalue weighted by molar-refractivity contribution is 0.0210. The number of ether oxygens (including phenoxy) is 1. The van der Waals surface area contributed by atoms with Gasteiger partial charge < -0.3 is 10.5 Å². The van der Waals surface area contributed by atoms with Crippen molar-refractivity contribution in [3.05, 3.63) is 0 Å². The van der Waals surface area contributed by atoms with Gasteiger partial charge in [0, 0.05) is 6.04 Å². The Hall–Kier alpha value is -0.0800. The molecule has 2 N–H and O–H groups in total. The quantitative estimate of drug-likeness (QED) is 0.643. The summed E-state index contributed by atoms with van der Waals surface area (Å²) in [6, 6.07) is 0.416. The highest BCUT2D eigenvalue weighted by molar-refractivity contribution is 4.83. The molecule has 0 saturated heterocycles. The van der Waals surface area contributed by atoms with E-state index in [0.29, 0.717) is 18.1 Å². The zero-order valence-electron chi connectivity index (χ0n) is 6.84. The third-order valence-corrected chi connectivity index (χ3v) is 2.12. The Bertz CT molecular complexity index is 103. The summed E-state index contributed by atoms with van der Waals surface area (Å²) in [6.45, 7) is 4.98. The van der Waals surface area contributed by atoms with E-state index in [1.165, 1.54) is 12.8 Å². The second-order valence-corrected chi connectivity index (χ2v) is 3.38. The lowest BCUT2D eigenvalue weighted by Gasteiger charge is -2.33. The third-order valence-electron chi connectivity index (χ3n) is 2.12. The van der Waals surface area contributed by atoms with E-state index in [4.69, 9.17) is 10.5 Å². The van der Waals surface area contributed by atoms with Gasteiger partial charge in [0.25, 0.3) is 0 Å². The van der Waals surface area contributed by atoms with Gasteiger partial charge in [-0.3, -0.25) is 0 Å². The molecule has 2 unspecified atom stereocenters. The number of rotatable bonds is 3. The second-order valence-electron chi connectivity index (χ2n) is 3.38. The van der Waals surface area contributed by atoms with E-state index >= 15 is 0 Å². The number of hydrogen-bond acceptors (Lipinski definition) is 2. The van der Waals surface area contributed by atoms with Crippen LogP contribution in [0.2, 0.25) is 0 Å². The molecule has 2 heteroatoms. The highest BCUT2D eigenvalue weighted by atomic mass is 16.5. The van der Waals surface area contributed by atoms with Crippen LogP contribution in [-0.4, -0.2) is 18.8 Å². The second kappa shape index (κ2) is 3.35. The minimum Gasteiger partial charge on any atom is -0.378 e. The van der Waals surface area contributed by atoms with Gasteiger partial charge in [0.1, 0.15) is 0 Å². The zero-order valence-corrected chi connectivity index (χ0v) is 6.84. The fourth-order valence-electron chi connectivity index (χ4n) is 1.12. The summed E-state index contributed by atoms with van der Waals surface area (Å²) in [7, 11) is 0. The average Bonchev–Trinajstić information content (AvgIpc) is 1.84. The van der Waals surface area contributed by atoms with Crippen molar-refractivity contribution < 1.29 is 4.74 Å². The van der Waals surface area contributed by atoms with Crippen molar-refractivity contribution in [2.45, 2.75) is 38.8 Å². The standard InChI is InChI=1S/C8H17NO/c1-6(2)10-5-7-3-4-8(7)9/h6-8H,3-5,9H2,1-2H3. The van der Waals surface area contributed by atoms with Crippen molar-refractivity contribution in [2.75, 3.05) is 6.61 Å². The van der Waals surface area contributed by atoms with Crippen LogP contribution in [0.1, 0.15) is 26.7 Å². The van der Waals surface area contributed by atoms with E-state index in [2.05, 4.69) is 13.8 Å². The average molecular weight is 143 g/mol. The summed E-state index contributed by atoms with van der Waals surface area (Å²) >= 11 is 0. The van der Waals surface area contributed by atoms with Gasteiger partial charge in [0.05, 0.1) is 12.7 Å². The molecule has 0 bridgehead atoms. The molecule has 2 nitrogen and oxygen atoms in total. The number of hydrogen-bond donors (Lipinski definition) is 1. The van der Waals surface area contributed by atoms with Gasteiger partial charge in [-0.2, -0.15) is 0 Å². The van der Waals surface area contributed by atoms with Crippen LogP contribution in [0.4, 0.5) is 0 Å². The molecule has 0 amide bonds. The first-order valence-electron chi connectivity index (χ1n) is 4.07. The van der Waals surface area contributed by atoms with Gasteiger partial charge in [-0.15, -0.1) is 0 Å². The Balaban J connectivity index is 2.03. The monoisotopic (exact) mass is 143 g/mol. The van der Waals surface area contributed by atoms with Crippen molar-refractivity contribution in [1.82, 2.24) is 0 Å². The fraction of sp³-hybridized carbons (Fsp3) is 1.00. The summed E-state index contributed by atoms with van der Waals surface area (Å²) in [5, 5.41) is 0. The van der Waals surface area contributed by atoms with Gasteiger partial charge in [-0.25, -0.2) is 0 Å². The molecule has 1 aliphatic rings. The summed E-state index contributed by atoms with van der Waals surface area (Å²) in [5.74, 6) is 0.641. The van der Waals surface area contributed by atoms with Crippen LogP contribution in [0.3, 0.4) is 0 Å². The molecule has 0 aromatic carbocycles. The molecule has 10 heavy (non-hydrogen) atoms. The largest absolute Gasteiger partial charge is 0.378 e. The minimum atomic E-state index is 0.354. The minimum absolute atomic E-state index is 0.354. The van der Waals surface area contributed by atoms with Gasteiger partial charge in [0.2, 0.25) is 0 Å². The molecule has 1 rings (SSSR count). The van der Waals surface area contributed by atoms with Crippen LogP contribution in [0.25, 0.3) is 0 Å². The van der Waals surface area contributed by atoms with Crippen molar-refractivity contribution in [2.24, 2.45) is 11.7 Å². The van der Waals surface area contributed by atoms with Crippen LogP contribution >= 0.6 is 0 Å². The van der Waals surface area contributed by atoms with E-state index in [-0.39, 0.29) is 0 Å². The fourth-order valence-corrected chi connectivity index (χ4v) is 1.12. The van der Waals surface area contributed by atoms with Gasteiger partial charge >= 0.3 is 0 Å². The predicted molar refractivity (Wildman–Crippen MR) is 41.8 cm³/mol. The maximum atomic E-state index is 5.73. The molecule has 0 aromatic heterocycles.